The Balaban J connectivity index is 2.17. The van der Waals surface area contributed by atoms with Crippen LogP contribution in [0.1, 0.15) is 16.6 Å². The summed E-state index contributed by atoms with van der Waals surface area (Å²) in [5.41, 5.74) is 0.560. The zero-order chi connectivity index (χ0) is 13.8. The van der Waals surface area contributed by atoms with Gasteiger partial charge in [-0.25, -0.2) is 4.79 Å². The molecular weight excluding hydrogens is 270 g/mol. The number of hydrogen-bond acceptors (Lipinski definition) is 7. The molecule has 0 saturated carbocycles. The fourth-order valence-electron chi connectivity index (χ4n) is 1.42. The van der Waals surface area contributed by atoms with Gasteiger partial charge in [0.15, 0.2) is 0 Å². The van der Waals surface area contributed by atoms with Crippen molar-refractivity contribution in [3.63, 3.8) is 0 Å². The number of tetrazole rings is 1. The van der Waals surface area contributed by atoms with Crippen molar-refractivity contribution in [1.29, 1.82) is 0 Å². The molecule has 1 amide bonds. The summed E-state index contributed by atoms with van der Waals surface area (Å²) in [6.45, 7) is 1.55. The van der Waals surface area contributed by atoms with E-state index in [4.69, 9.17) is 0 Å². The fourth-order valence-corrected chi connectivity index (χ4v) is 2.20. The fraction of sp³-hybridized carbons (Fsp3) is 0.300. The quantitative estimate of drug-likeness (QED) is 0.793. The SMILES string of the molecule is COC(=O)C(C)NC(=O)c1sccc1-n1cnnn1. The lowest BCUT2D eigenvalue weighted by atomic mass is 10.3. The Hall–Kier alpha value is -2.29. The van der Waals surface area contributed by atoms with Gasteiger partial charge in [0, 0.05) is 0 Å². The van der Waals surface area contributed by atoms with Crippen LogP contribution in [0.15, 0.2) is 17.8 Å². The maximum atomic E-state index is 12.1. The first-order valence-corrected chi connectivity index (χ1v) is 6.21. The normalized spacial score (nSPS) is 11.9. The standard InChI is InChI=1S/C10H11N5O3S/c1-6(10(17)18-2)12-9(16)8-7(3-4-19-8)15-5-11-13-14-15/h3-6H,1-2H3,(H,12,16). The lowest BCUT2D eigenvalue weighted by Gasteiger charge is -2.11. The van der Waals surface area contributed by atoms with Crippen molar-refractivity contribution in [2.75, 3.05) is 7.11 Å². The Morgan fingerprint density at radius 3 is 2.95 bits per heavy atom. The number of amides is 1. The number of carbonyl (C=O) groups excluding carboxylic acids is 2. The second-order valence-electron chi connectivity index (χ2n) is 3.61. The van der Waals surface area contributed by atoms with Gasteiger partial charge in [-0.1, -0.05) is 0 Å². The van der Waals surface area contributed by atoms with Crippen LogP contribution >= 0.6 is 11.3 Å². The minimum absolute atomic E-state index is 0.376. The number of esters is 1. The molecule has 0 aromatic carbocycles. The van der Waals surface area contributed by atoms with Gasteiger partial charge in [-0.3, -0.25) is 4.79 Å². The van der Waals surface area contributed by atoms with Gasteiger partial charge < -0.3 is 10.1 Å². The Morgan fingerprint density at radius 2 is 2.32 bits per heavy atom. The van der Waals surface area contributed by atoms with Crippen molar-refractivity contribution >= 4 is 23.2 Å². The average molecular weight is 281 g/mol. The molecule has 2 rings (SSSR count). The highest BCUT2D eigenvalue weighted by atomic mass is 32.1. The van der Waals surface area contributed by atoms with Gasteiger partial charge in [0.05, 0.1) is 12.8 Å². The zero-order valence-electron chi connectivity index (χ0n) is 10.2. The molecule has 0 aliphatic rings. The van der Waals surface area contributed by atoms with E-state index in [1.165, 1.54) is 29.5 Å². The number of ether oxygens (including phenoxy) is 1. The summed E-state index contributed by atoms with van der Waals surface area (Å²) in [5.74, 6) is -0.882. The molecule has 0 aliphatic heterocycles. The molecule has 2 aromatic heterocycles. The summed E-state index contributed by atoms with van der Waals surface area (Å²) in [6, 6.07) is 1.000. The minimum atomic E-state index is -0.721. The van der Waals surface area contributed by atoms with Gasteiger partial charge >= 0.3 is 5.97 Å². The van der Waals surface area contributed by atoms with Crippen molar-refractivity contribution < 1.29 is 14.3 Å². The lowest BCUT2D eigenvalue weighted by Crippen LogP contribution is -2.39. The molecular formula is C10H11N5O3S. The van der Waals surface area contributed by atoms with E-state index in [9.17, 15) is 9.59 Å². The summed E-state index contributed by atoms with van der Waals surface area (Å²) in [5, 5.41) is 15.0. The number of carbonyl (C=O) groups is 2. The third-order valence-corrected chi connectivity index (χ3v) is 3.25. The van der Waals surface area contributed by atoms with Gasteiger partial charge in [0.2, 0.25) is 0 Å². The highest BCUT2D eigenvalue weighted by Gasteiger charge is 2.20. The maximum absolute atomic E-state index is 12.1. The Bertz CT molecular complexity index is 580. The van der Waals surface area contributed by atoms with Crippen molar-refractivity contribution in [1.82, 2.24) is 25.5 Å². The van der Waals surface area contributed by atoms with Crippen LogP contribution in [0.3, 0.4) is 0 Å². The van der Waals surface area contributed by atoms with E-state index < -0.39 is 12.0 Å². The summed E-state index contributed by atoms with van der Waals surface area (Å²) < 4.78 is 5.93. The van der Waals surface area contributed by atoms with E-state index in [1.54, 1.807) is 18.4 Å². The van der Waals surface area contributed by atoms with Crippen molar-refractivity contribution in [3.05, 3.63) is 22.7 Å². The second kappa shape index (κ2) is 5.57. The van der Waals surface area contributed by atoms with Crippen LogP contribution in [0, 0.1) is 0 Å². The van der Waals surface area contributed by atoms with Crippen molar-refractivity contribution in [2.45, 2.75) is 13.0 Å². The third kappa shape index (κ3) is 2.76. The molecule has 1 unspecified atom stereocenters. The van der Waals surface area contributed by atoms with Gasteiger partial charge in [-0.05, 0) is 28.8 Å². The molecule has 2 heterocycles. The maximum Gasteiger partial charge on any atom is 0.328 e. The summed E-state index contributed by atoms with van der Waals surface area (Å²) >= 11 is 1.24. The van der Waals surface area contributed by atoms with Crippen LogP contribution in [0.5, 0.6) is 0 Å². The third-order valence-electron chi connectivity index (χ3n) is 2.35. The predicted molar refractivity (Wildman–Crippen MR) is 66.0 cm³/mol. The molecule has 100 valence electrons. The van der Waals surface area contributed by atoms with Gasteiger partial charge in [0.25, 0.3) is 5.91 Å². The molecule has 0 spiro atoms. The van der Waals surface area contributed by atoms with E-state index in [-0.39, 0.29) is 5.91 Å². The molecule has 0 bridgehead atoms. The average Bonchev–Trinajstić information content (AvgIpc) is 3.06. The van der Waals surface area contributed by atoms with Crippen LogP contribution in [-0.4, -0.2) is 45.2 Å². The zero-order valence-corrected chi connectivity index (χ0v) is 11.0. The van der Waals surface area contributed by atoms with Crippen molar-refractivity contribution in [2.24, 2.45) is 0 Å². The second-order valence-corrected chi connectivity index (χ2v) is 4.52. The number of methoxy groups -OCH3 is 1. The van der Waals surface area contributed by atoms with Gasteiger partial charge in [-0.2, -0.15) is 4.68 Å². The molecule has 0 aliphatic carbocycles. The van der Waals surface area contributed by atoms with Gasteiger partial charge in [0.1, 0.15) is 17.2 Å². The number of nitrogens with zero attached hydrogens (tertiary/aromatic N) is 4. The molecule has 8 nitrogen and oxygen atoms in total. The Morgan fingerprint density at radius 1 is 1.53 bits per heavy atom. The van der Waals surface area contributed by atoms with E-state index in [0.717, 1.165) is 0 Å². The topological polar surface area (TPSA) is 99.0 Å². The first-order valence-electron chi connectivity index (χ1n) is 5.33. The molecule has 0 radical (unpaired) electrons. The summed E-state index contributed by atoms with van der Waals surface area (Å²) in [4.78, 5) is 23.7. The molecule has 0 saturated heterocycles. The molecule has 1 N–H and O–H groups in total. The number of aromatic nitrogens is 4. The Labute approximate surface area is 112 Å². The van der Waals surface area contributed by atoms with E-state index in [1.807, 2.05) is 0 Å². The highest BCUT2D eigenvalue weighted by molar-refractivity contribution is 7.12. The van der Waals surface area contributed by atoms with Crippen molar-refractivity contribution in [3.8, 4) is 5.69 Å². The molecule has 9 heteroatoms. The molecule has 19 heavy (non-hydrogen) atoms. The summed E-state index contributed by atoms with van der Waals surface area (Å²) in [7, 11) is 1.27. The first kappa shape index (κ1) is 13.1. The smallest absolute Gasteiger partial charge is 0.328 e. The van der Waals surface area contributed by atoms with Gasteiger partial charge in [-0.15, -0.1) is 16.4 Å². The monoisotopic (exact) mass is 281 g/mol. The number of thiophene rings is 1. The molecule has 1 atom stereocenters. The van der Waals surface area contributed by atoms with Crippen LogP contribution in [0.2, 0.25) is 0 Å². The van der Waals surface area contributed by atoms with E-state index in [2.05, 4.69) is 25.6 Å². The number of hydrogen-bond donors (Lipinski definition) is 1. The minimum Gasteiger partial charge on any atom is -0.467 e. The Kier molecular flexibility index (Phi) is 3.85. The number of nitrogens with one attached hydrogen (secondary N) is 1. The van der Waals surface area contributed by atoms with E-state index in [0.29, 0.717) is 10.6 Å². The van der Waals surface area contributed by atoms with Crippen LogP contribution in [0.4, 0.5) is 0 Å². The predicted octanol–water partition coefficient (Wildman–Crippen LogP) is 0.0151. The first-order chi connectivity index (χ1) is 9.13. The largest absolute Gasteiger partial charge is 0.467 e. The van der Waals surface area contributed by atoms with Crippen LogP contribution in [0.25, 0.3) is 5.69 Å². The summed E-state index contributed by atoms with van der Waals surface area (Å²) in [6.07, 6.45) is 1.39. The van der Waals surface area contributed by atoms with Crippen LogP contribution in [-0.2, 0) is 9.53 Å². The van der Waals surface area contributed by atoms with Crippen LogP contribution < -0.4 is 5.32 Å². The van der Waals surface area contributed by atoms with E-state index >= 15 is 0 Å². The molecule has 0 fully saturated rings. The lowest BCUT2D eigenvalue weighted by molar-refractivity contribution is -0.142. The highest BCUT2D eigenvalue weighted by Crippen LogP contribution is 2.19. The number of rotatable bonds is 4. The molecule has 2 aromatic rings.